The summed E-state index contributed by atoms with van der Waals surface area (Å²) in [5, 5.41) is 0.460. The van der Waals surface area contributed by atoms with Gasteiger partial charge in [0.15, 0.2) is 16.9 Å². The first-order chi connectivity index (χ1) is 19.4. The monoisotopic (exact) mass is 541 g/mol. The highest BCUT2D eigenvalue weighted by molar-refractivity contribution is 5.99. The lowest BCUT2D eigenvalue weighted by atomic mass is 9.97. The van der Waals surface area contributed by atoms with Crippen LogP contribution in [0.25, 0.3) is 11.0 Å². The smallest absolute Gasteiger partial charge is 0.291 e. The van der Waals surface area contributed by atoms with Crippen LogP contribution in [0, 0.1) is 6.92 Å². The summed E-state index contributed by atoms with van der Waals surface area (Å²) in [4.78, 5) is 29.4. The number of fused-ring (bicyclic) bond motifs is 2. The third-order valence-corrected chi connectivity index (χ3v) is 7.39. The predicted molar refractivity (Wildman–Crippen MR) is 155 cm³/mol. The molecule has 208 valence electrons. The quantitative estimate of drug-likeness (QED) is 0.194. The molecule has 2 heterocycles. The number of ether oxygens (including phenoxy) is 3. The lowest BCUT2D eigenvalue weighted by Crippen LogP contribution is -2.29. The minimum absolute atomic E-state index is 0.0788. The van der Waals surface area contributed by atoms with Gasteiger partial charge in [0.25, 0.3) is 5.91 Å². The molecule has 0 aliphatic carbocycles. The number of rotatable bonds is 11. The highest BCUT2D eigenvalue weighted by Gasteiger charge is 2.43. The number of unbranched alkanes of at least 4 members (excludes halogenated alkanes) is 3. The predicted octanol–water partition coefficient (Wildman–Crippen LogP) is 6.82. The van der Waals surface area contributed by atoms with Gasteiger partial charge in [0.1, 0.15) is 11.3 Å². The van der Waals surface area contributed by atoms with Gasteiger partial charge in [-0.05, 0) is 60.9 Å². The largest absolute Gasteiger partial charge is 0.497 e. The van der Waals surface area contributed by atoms with E-state index < -0.39 is 6.04 Å². The van der Waals surface area contributed by atoms with Crippen molar-refractivity contribution in [2.24, 2.45) is 0 Å². The van der Waals surface area contributed by atoms with Crippen LogP contribution in [-0.4, -0.2) is 31.6 Å². The van der Waals surface area contributed by atoms with E-state index in [0.29, 0.717) is 34.6 Å². The van der Waals surface area contributed by atoms with Crippen molar-refractivity contribution in [2.45, 2.75) is 52.1 Å². The van der Waals surface area contributed by atoms with Gasteiger partial charge in [-0.3, -0.25) is 9.59 Å². The summed E-state index contributed by atoms with van der Waals surface area (Å²) in [6.07, 6.45) is 4.42. The van der Waals surface area contributed by atoms with Gasteiger partial charge in [-0.2, -0.15) is 0 Å². The molecule has 5 rings (SSSR count). The van der Waals surface area contributed by atoms with Gasteiger partial charge < -0.3 is 23.5 Å². The van der Waals surface area contributed by atoms with E-state index in [4.69, 9.17) is 18.6 Å². The topological polar surface area (TPSA) is 78.2 Å². The molecule has 0 fully saturated rings. The van der Waals surface area contributed by atoms with Gasteiger partial charge in [0.05, 0.1) is 37.8 Å². The Balaban J connectivity index is 1.57. The summed E-state index contributed by atoms with van der Waals surface area (Å²) in [5.74, 6) is 1.67. The number of hydrogen-bond acceptors (Lipinski definition) is 6. The van der Waals surface area contributed by atoms with Crippen molar-refractivity contribution in [2.75, 3.05) is 20.8 Å². The van der Waals surface area contributed by atoms with E-state index in [1.54, 1.807) is 25.2 Å². The van der Waals surface area contributed by atoms with Gasteiger partial charge in [0, 0.05) is 6.54 Å². The molecule has 3 aromatic carbocycles. The maximum absolute atomic E-state index is 13.9. The summed E-state index contributed by atoms with van der Waals surface area (Å²) in [6, 6.07) is 17.9. The van der Waals surface area contributed by atoms with E-state index in [0.717, 1.165) is 41.7 Å². The molecule has 0 saturated heterocycles. The van der Waals surface area contributed by atoms with Crippen molar-refractivity contribution in [3.63, 3.8) is 0 Å². The Morgan fingerprint density at radius 2 is 1.68 bits per heavy atom. The number of nitrogens with zero attached hydrogens (tertiary/aromatic N) is 1. The van der Waals surface area contributed by atoms with Gasteiger partial charge in [-0.1, -0.05) is 56.0 Å². The van der Waals surface area contributed by atoms with E-state index in [1.165, 1.54) is 6.42 Å². The van der Waals surface area contributed by atoms with Crippen molar-refractivity contribution in [1.82, 2.24) is 4.90 Å². The van der Waals surface area contributed by atoms with Gasteiger partial charge in [-0.25, -0.2) is 0 Å². The average molecular weight is 542 g/mol. The molecule has 1 aliphatic rings. The molecule has 0 N–H and O–H groups in total. The van der Waals surface area contributed by atoms with Crippen LogP contribution in [0.4, 0.5) is 0 Å². The fraction of sp³-hybridized carbons (Fsp3) is 0.333. The molecular formula is C33H35NO6. The molecular weight excluding hydrogens is 506 g/mol. The molecule has 7 nitrogen and oxygen atoms in total. The molecule has 1 amide bonds. The first-order valence-electron chi connectivity index (χ1n) is 13.8. The molecule has 4 aromatic rings. The molecule has 0 spiro atoms. The second kappa shape index (κ2) is 11.9. The average Bonchev–Trinajstić information content (AvgIpc) is 3.25. The first-order valence-corrected chi connectivity index (χ1v) is 13.8. The number of amides is 1. The normalized spacial score (nSPS) is 14.4. The fourth-order valence-corrected chi connectivity index (χ4v) is 5.26. The third kappa shape index (κ3) is 5.28. The Labute approximate surface area is 234 Å². The van der Waals surface area contributed by atoms with Crippen molar-refractivity contribution < 1.29 is 23.4 Å². The van der Waals surface area contributed by atoms with E-state index in [2.05, 4.69) is 6.92 Å². The maximum Gasteiger partial charge on any atom is 0.291 e. The Kier molecular flexibility index (Phi) is 8.10. The van der Waals surface area contributed by atoms with E-state index in [-0.39, 0.29) is 23.6 Å². The Hall–Kier alpha value is -4.26. The standard InChI is InChI=1S/C33H35NO6/c1-5-6-7-8-17-39-27-16-12-23(19-28(27)38-4)30-29-31(35)25-18-21(2)9-15-26(25)40-32(29)33(36)34(30)20-22-10-13-24(37-3)14-11-22/h9-16,18-19,30H,5-8,17,20H2,1-4H3. The Morgan fingerprint density at radius 3 is 2.40 bits per heavy atom. The van der Waals surface area contributed by atoms with Crippen LogP contribution < -0.4 is 19.6 Å². The van der Waals surface area contributed by atoms with Gasteiger partial charge in [-0.15, -0.1) is 0 Å². The Morgan fingerprint density at radius 1 is 0.875 bits per heavy atom. The number of benzene rings is 3. The van der Waals surface area contributed by atoms with E-state index in [1.807, 2.05) is 61.5 Å². The summed E-state index contributed by atoms with van der Waals surface area (Å²) >= 11 is 0. The number of carbonyl (C=O) groups is 1. The van der Waals surface area contributed by atoms with Gasteiger partial charge >= 0.3 is 0 Å². The van der Waals surface area contributed by atoms with Crippen LogP contribution in [0.1, 0.15) is 71.5 Å². The number of hydrogen-bond donors (Lipinski definition) is 0. The van der Waals surface area contributed by atoms with Crippen LogP contribution in [-0.2, 0) is 6.54 Å². The zero-order chi connectivity index (χ0) is 28.2. The molecule has 1 aliphatic heterocycles. The summed E-state index contributed by atoms with van der Waals surface area (Å²) in [5.41, 5.74) is 3.13. The highest BCUT2D eigenvalue weighted by Crippen LogP contribution is 2.42. The SMILES string of the molecule is CCCCCCOc1ccc(C2c3c(oc4ccc(C)cc4c3=O)C(=O)N2Cc2ccc(OC)cc2)cc1OC. The minimum Gasteiger partial charge on any atom is -0.497 e. The molecule has 1 atom stereocenters. The van der Waals surface area contributed by atoms with E-state index >= 15 is 0 Å². The summed E-state index contributed by atoms with van der Waals surface area (Å²) in [6.45, 7) is 4.98. The molecule has 0 radical (unpaired) electrons. The molecule has 7 heteroatoms. The zero-order valence-corrected chi connectivity index (χ0v) is 23.5. The Bertz CT molecular complexity index is 1570. The minimum atomic E-state index is -0.654. The van der Waals surface area contributed by atoms with Crippen LogP contribution in [0.5, 0.6) is 17.2 Å². The van der Waals surface area contributed by atoms with Crippen molar-refractivity contribution in [1.29, 1.82) is 0 Å². The van der Waals surface area contributed by atoms with E-state index in [9.17, 15) is 9.59 Å². The van der Waals surface area contributed by atoms with Gasteiger partial charge in [0.2, 0.25) is 5.76 Å². The molecule has 0 bridgehead atoms. The molecule has 1 aromatic heterocycles. The molecule has 40 heavy (non-hydrogen) atoms. The number of methoxy groups -OCH3 is 2. The zero-order valence-electron chi connectivity index (χ0n) is 23.5. The lowest BCUT2D eigenvalue weighted by Gasteiger charge is -2.26. The summed E-state index contributed by atoms with van der Waals surface area (Å²) < 4.78 is 23.1. The van der Waals surface area contributed by atoms with Crippen molar-refractivity contribution in [3.05, 3.63) is 98.9 Å². The molecule has 0 saturated carbocycles. The lowest BCUT2D eigenvalue weighted by molar-refractivity contribution is 0.0714. The maximum atomic E-state index is 13.9. The van der Waals surface area contributed by atoms with Crippen LogP contribution >= 0.6 is 0 Å². The van der Waals surface area contributed by atoms with Crippen LogP contribution in [0.2, 0.25) is 0 Å². The fourth-order valence-electron chi connectivity index (χ4n) is 5.26. The third-order valence-electron chi connectivity index (χ3n) is 7.39. The van der Waals surface area contributed by atoms with Crippen molar-refractivity contribution in [3.8, 4) is 17.2 Å². The molecule has 1 unspecified atom stereocenters. The highest BCUT2D eigenvalue weighted by atomic mass is 16.5. The number of aryl methyl sites for hydroxylation is 1. The van der Waals surface area contributed by atoms with Crippen molar-refractivity contribution >= 4 is 16.9 Å². The first kappa shape index (κ1) is 27.3. The number of carbonyl (C=O) groups excluding carboxylic acids is 1. The second-order valence-corrected chi connectivity index (χ2v) is 10.2. The van der Waals surface area contributed by atoms with Crippen LogP contribution in [0.15, 0.2) is 69.9 Å². The van der Waals surface area contributed by atoms with Crippen LogP contribution in [0.3, 0.4) is 0 Å². The summed E-state index contributed by atoms with van der Waals surface area (Å²) in [7, 11) is 3.21. The second-order valence-electron chi connectivity index (χ2n) is 10.2.